The molecule has 44 heavy (non-hydrogen) atoms. The zero-order chi connectivity index (χ0) is 32.0. The molecule has 11 heteroatoms. The number of methoxy groups -OCH3 is 1. The first-order valence-electron chi connectivity index (χ1n) is 14.4. The molecular formula is C33H39FN6O4. The number of hydrogen-bond acceptors (Lipinski definition) is 8. The fourth-order valence-corrected chi connectivity index (χ4v) is 4.67. The first-order valence-corrected chi connectivity index (χ1v) is 14.4. The number of carbonyl (C=O) groups excluding carboxylic acids is 2. The van der Waals surface area contributed by atoms with Crippen molar-refractivity contribution >= 4 is 28.6 Å². The van der Waals surface area contributed by atoms with Gasteiger partial charge in [0.2, 0.25) is 11.9 Å². The second-order valence-electron chi connectivity index (χ2n) is 11.0. The van der Waals surface area contributed by atoms with Gasteiger partial charge in [-0.15, -0.1) is 0 Å². The zero-order valence-electron chi connectivity index (χ0n) is 25.9. The second-order valence-corrected chi connectivity index (χ2v) is 11.0. The van der Waals surface area contributed by atoms with Crippen molar-refractivity contribution in [1.29, 1.82) is 0 Å². The van der Waals surface area contributed by atoms with Crippen LogP contribution in [0.2, 0.25) is 0 Å². The number of anilines is 1. The van der Waals surface area contributed by atoms with E-state index in [9.17, 15) is 14.0 Å². The fraction of sp³-hybridized carbons (Fsp3) is 0.333. The van der Waals surface area contributed by atoms with E-state index in [1.54, 1.807) is 49.2 Å². The lowest BCUT2D eigenvalue weighted by atomic mass is 10.0. The van der Waals surface area contributed by atoms with Gasteiger partial charge in [0, 0.05) is 65.5 Å². The van der Waals surface area contributed by atoms with Crippen LogP contribution >= 0.6 is 0 Å². The fourth-order valence-electron chi connectivity index (χ4n) is 4.67. The van der Waals surface area contributed by atoms with E-state index in [1.807, 2.05) is 51.0 Å². The van der Waals surface area contributed by atoms with Crippen molar-refractivity contribution in [3.05, 3.63) is 73.1 Å². The summed E-state index contributed by atoms with van der Waals surface area (Å²) in [7, 11) is 5.39. The molecule has 232 valence electrons. The van der Waals surface area contributed by atoms with Gasteiger partial charge in [0.25, 0.3) is 0 Å². The monoisotopic (exact) mass is 602 g/mol. The number of likely N-dealkylation sites (N-methyl/N-ethyl adjacent to an activating group) is 1. The number of aromatic nitrogens is 3. The summed E-state index contributed by atoms with van der Waals surface area (Å²) < 4.78 is 27.2. The number of carbonyl (C=O) groups is 2. The Balaban J connectivity index is 1.76. The molecular weight excluding hydrogens is 563 g/mol. The maximum atomic E-state index is 14.2. The number of halogens is 1. The Bertz CT molecular complexity index is 1670. The molecule has 0 spiro atoms. The van der Waals surface area contributed by atoms with Gasteiger partial charge < -0.3 is 25.4 Å². The predicted molar refractivity (Wildman–Crippen MR) is 169 cm³/mol. The summed E-state index contributed by atoms with van der Waals surface area (Å²) in [5, 5.41) is 3.58. The molecule has 0 aliphatic heterocycles. The number of nitrogens with two attached hydrogens (primary N) is 1. The lowest BCUT2D eigenvalue weighted by molar-refractivity contribution is -0.155. The van der Waals surface area contributed by atoms with Crippen molar-refractivity contribution in [3.8, 4) is 28.0 Å². The number of nitrogens with zero attached hydrogens (tertiary/aromatic N) is 4. The summed E-state index contributed by atoms with van der Waals surface area (Å²) in [5.41, 5.74) is 9.92. The van der Waals surface area contributed by atoms with Crippen molar-refractivity contribution in [3.63, 3.8) is 0 Å². The number of fused-ring (bicyclic) bond motifs is 1. The van der Waals surface area contributed by atoms with E-state index in [4.69, 9.17) is 20.2 Å². The van der Waals surface area contributed by atoms with E-state index < -0.39 is 24.2 Å². The van der Waals surface area contributed by atoms with Crippen LogP contribution in [-0.2, 0) is 14.3 Å². The van der Waals surface area contributed by atoms with Crippen molar-refractivity contribution in [1.82, 2.24) is 19.4 Å². The van der Waals surface area contributed by atoms with E-state index in [-0.39, 0.29) is 11.8 Å². The summed E-state index contributed by atoms with van der Waals surface area (Å²) >= 11 is 0. The number of hydrogen-bond donors (Lipinski definition) is 2. The molecule has 3 N–H and O–H groups in total. The highest BCUT2D eigenvalue weighted by molar-refractivity contribution is 6.00. The minimum atomic E-state index is -0.760. The normalized spacial score (nSPS) is 13.7. The number of rotatable bonds is 12. The lowest BCUT2D eigenvalue weighted by Crippen LogP contribution is -2.38. The number of nitrogens with one attached hydrogen (secondary N) is 1. The Morgan fingerprint density at radius 3 is 2.57 bits per heavy atom. The van der Waals surface area contributed by atoms with Crippen LogP contribution in [0.25, 0.3) is 33.3 Å². The third-order valence-corrected chi connectivity index (χ3v) is 7.40. The molecule has 10 nitrogen and oxygen atoms in total. The molecule has 0 aliphatic rings. The van der Waals surface area contributed by atoms with Gasteiger partial charge in [0.15, 0.2) is 6.23 Å². The van der Waals surface area contributed by atoms with E-state index in [0.29, 0.717) is 40.1 Å². The van der Waals surface area contributed by atoms with Gasteiger partial charge in [0.1, 0.15) is 17.4 Å². The van der Waals surface area contributed by atoms with Crippen LogP contribution in [0.5, 0.6) is 5.75 Å². The average Bonchev–Trinajstić information content (AvgIpc) is 3.39. The molecule has 0 saturated carbocycles. The van der Waals surface area contributed by atoms with E-state index in [1.165, 1.54) is 18.3 Å². The van der Waals surface area contributed by atoms with E-state index in [2.05, 4.69) is 10.3 Å². The third kappa shape index (κ3) is 7.66. The van der Waals surface area contributed by atoms with Crippen molar-refractivity contribution in [2.75, 3.05) is 33.1 Å². The van der Waals surface area contributed by atoms with E-state index >= 15 is 0 Å². The first kappa shape index (κ1) is 32.3. The Morgan fingerprint density at radius 1 is 1.11 bits per heavy atom. The van der Waals surface area contributed by atoms with Crippen LogP contribution in [0.1, 0.15) is 33.4 Å². The van der Waals surface area contributed by atoms with Crippen molar-refractivity contribution in [2.45, 2.75) is 39.5 Å². The number of esters is 1. The van der Waals surface area contributed by atoms with Gasteiger partial charge in [-0.25, -0.2) is 9.97 Å². The van der Waals surface area contributed by atoms with Crippen LogP contribution in [0, 0.1) is 11.9 Å². The number of ether oxygens (including phenoxy) is 2. The summed E-state index contributed by atoms with van der Waals surface area (Å²) in [6, 6.07) is 9.59. The van der Waals surface area contributed by atoms with Gasteiger partial charge in [-0.2, -0.15) is 4.39 Å². The maximum absolute atomic E-state index is 14.2. The summed E-state index contributed by atoms with van der Waals surface area (Å²) in [6.07, 6.45) is 8.12. The van der Waals surface area contributed by atoms with Crippen molar-refractivity contribution < 1.29 is 23.5 Å². The quantitative estimate of drug-likeness (QED) is 0.125. The highest BCUT2D eigenvalue weighted by Crippen LogP contribution is 2.36. The Morgan fingerprint density at radius 2 is 1.89 bits per heavy atom. The highest BCUT2D eigenvalue weighted by Gasteiger charge is 2.25. The van der Waals surface area contributed by atoms with Crippen LogP contribution in [0.3, 0.4) is 0 Å². The Labute approximate surface area is 256 Å². The summed E-state index contributed by atoms with van der Waals surface area (Å²) in [6.45, 7) is 6.23. The van der Waals surface area contributed by atoms with Gasteiger partial charge in [0.05, 0.1) is 7.11 Å². The molecule has 1 amide bonds. The second kappa shape index (κ2) is 14.2. The molecule has 0 bridgehead atoms. The van der Waals surface area contributed by atoms with Crippen LogP contribution in [0.4, 0.5) is 10.1 Å². The molecule has 1 aromatic carbocycles. The smallest absolute Gasteiger partial charge is 0.325 e. The third-order valence-electron chi connectivity index (χ3n) is 7.40. The molecule has 0 radical (unpaired) electrons. The van der Waals surface area contributed by atoms with Crippen LogP contribution < -0.4 is 15.8 Å². The minimum Gasteiger partial charge on any atom is -0.497 e. The van der Waals surface area contributed by atoms with Crippen LogP contribution in [-0.4, -0.2) is 65.1 Å². The summed E-state index contributed by atoms with van der Waals surface area (Å²) in [4.78, 5) is 35.7. The van der Waals surface area contributed by atoms with Gasteiger partial charge in [-0.05, 0) is 62.3 Å². The minimum absolute atomic E-state index is 0.0428. The Hall–Kier alpha value is -4.61. The average molecular weight is 603 g/mol. The largest absolute Gasteiger partial charge is 0.497 e. The van der Waals surface area contributed by atoms with Gasteiger partial charge in [-0.1, -0.05) is 26.3 Å². The maximum Gasteiger partial charge on any atom is 0.325 e. The predicted octanol–water partition coefficient (Wildman–Crippen LogP) is 5.40. The molecule has 4 aromatic rings. The first-order chi connectivity index (χ1) is 21.0. The number of amides is 1. The highest BCUT2D eigenvalue weighted by atomic mass is 19.1. The van der Waals surface area contributed by atoms with E-state index in [0.717, 1.165) is 17.5 Å². The number of pyridine rings is 2. The molecule has 3 aromatic heterocycles. The Kier molecular flexibility index (Phi) is 10.5. The van der Waals surface area contributed by atoms with Crippen molar-refractivity contribution in [2.24, 2.45) is 11.7 Å². The molecule has 0 aliphatic carbocycles. The van der Waals surface area contributed by atoms with Crippen LogP contribution in [0.15, 0.2) is 67.1 Å². The summed E-state index contributed by atoms with van der Waals surface area (Å²) in [5.74, 6) is -0.903. The standard InChI is InChI=1S/C33H39FN6O4/c1-7-20(2)31(35)33(42)44-21(3)40-19-28(22-10-11-36-29(34)16-22)27-15-24(18-37-32(27)40)23-13-25(17-26(14-23)43-6)38-30(41)9-8-12-39(4)5/h8-11,13-21,31H,7,12,35H2,1-6H3,(H,38,41)/b9-8+/t20?,21-,31?/m0/s1. The molecule has 2 unspecified atom stereocenters. The topological polar surface area (TPSA) is 125 Å². The van der Waals surface area contributed by atoms with Gasteiger partial charge in [-0.3, -0.25) is 14.2 Å². The zero-order valence-corrected chi connectivity index (χ0v) is 25.9. The molecule has 0 saturated heterocycles. The SMILES string of the molecule is CCC(C)C(N)C(=O)O[C@@H](C)n1cc(-c2ccnc(F)c2)c2cc(-c3cc(NC(=O)/C=C/CN(C)C)cc(OC)c3)cnc21. The van der Waals surface area contributed by atoms with Gasteiger partial charge >= 0.3 is 5.97 Å². The number of benzene rings is 1. The lowest BCUT2D eigenvalue weighted by Gasteiger charge is -2.21. The molecule has 3 atom stereocenters. The molecule has 4 rings (SSSR count). The molecule has 3 heterocycles. The molecule has 0 fully saturated rings.